The first-order chi connectivity index (χ1) is 14.0. The van der Waals surface area contributed by atoms with E-state index in [1.807, 2.05) is 46.8 Å². The van der Waals surface area contributed by atoms with Crippen molar-refractivity contribution in [2.75, 3.05) is 20.1 Å². The highest BCUT2D eigenvalue weighted by atomic mass is 16.6. The maximum Gasteiger partial charge on any atom is 0.410 e. The Morgan fingerprint density at radius 2 is 2.03 bits per heavy atom. The standard InChI is InChI=1S/C21H24N4O4/c1-14-17-18(26)20(27)22-19(25(17)12-11-23(14)2)16-9-6-10-24(16)21(28)29-13-15-7-4-3-5-8-15/h3-5,7-8,16,26H,1,6,9-13H2,2H3. The van der Waals surface area contributed by atoms with Crippen LogP contribution in [0.1, 0.15) is 36.0 Å². The summed E-state index contributed by atoms with van der Waals surface area (Å²) < 4.78 is 7.31. The smallest absolute Gasteiger partial charge is 0.410 e. The molecule has 0 bridgehead atoms. The van der Waals surface area contributed by atoms with Crippen LogP contribution in [0.4, 0.5) is 4.79 Å². The summed E-state index contributed by atoms with van der Waals surface area (Å²) in [6, 6.07) is 9.12. The molecule has 29 heavy (non-hydrogen) atoms. The van der Waals surface area contributed by atoms with Crippen molar-refractivity contribution < 1.29 is 14.6 Å². The molecule has 0 spiro atoms. The molecule has 152 valence electrons. The number of carbonyl (C=O) groups is 1. The topological polar surface area (TPSA) is 87.9 Å². The minimum Gasteiger partial charge on any atom is -0.501 e. The summed E-state index contributed by atoms with van der Waals surface area (Å²) in [6.45, 7) is 5.94. The molecule has 0 aliphatic carbocycles. The first-order valence-corrected chi connectivity index (χ1v) is 9.69. The minimum atomic E-state index is -0.702. The van der Waals surface area contributed by atoms with E-state index >= 15 is 0 Å². The number of likely N-dealkylation sites (tertiary alicyclic amines) is 1. The van der Waals surface area contributed by atoms with Crippen LogP contribution in [0.2, 0.25) is 0 Å². The average molecular weight is 396 g/mol. The Bertz CT molecular complexity index is 1000. The number of likely N-dealkylation sites (N-methyl/N-ethyl adjacent to an activating group) is 1. The van der Waals surface area contributed by atoms with E-state index in [1.165, 1.54) is 0 Å². The summed E-state index contributed by atoms with van der Waals surface area (Å²) in [7, 11) is 1.86. The highest BCUT2D eigenvalue weighted by Crippen LogP contribution is 2.35. The van der Waals surface area contributed by atoms with Crippen LogP contribution in [0, 0.1) is 0 Å². The number of ether oxygens (including phenoxy) is 1. The number of hydrogen-bond acceptors (Lipinski definition) is 6. The fourth-order valence-corrected chi connectivity index (χ4v) is 3.96. The van der Waals surface area contributed by atoms with Crippen LogP contribution >= 0.6 is 0 Å². The van der Waals surface area contributed by atoms with Crippen molar-refractivity contribution in [1.29, 1.82) is 0 Å². The molecule has 1 N–H and O–H groups in total. The number of nitrogens with zero attached hydrogens (tertiary/aromatic N) is 4. The summed E-state index contributed by atoms with van der Waals surface area (Å²) in [5.41, 5.74) is 1.14. The lowest BCUT2D eigenvalue weighted by Gasteiger charge is -2.34. The monoisotopic (exact) mass is 396 g/mol. The molecule has 1 atom stereocenters. The van der Waals surface area contributed by atoms with Gasteiger partial charge < -0.3 is 19.3 Å². The predicted molar refractivity (Wildman–Crippen MR) is 107 cm³/mol. The van der Waals surface area contributed by atoms with E-state index in [1.54, 1.807) is 4.90 Å². The number of carbonyl (C=O) groups excluding carboxylic acids is 1. The van der Waals surface area contributed by atoms with Gasteiger partial charge >= 0.3 is 11.7 Å². The molecule has 1 saturated heterocycles. The van der Waals surface area contributed by atoms with Gasteiger partial charge in [0.25, 0.3) is 0 Å². The predicted octanol–water partition coefficient (Wildman–Crippen LogP) is 2.34. The molecule has 8 nitrogen and oxygen atoms in total. The lowest BCUT2D eigenvalue weighted by Crippen LogP contribution is -2.38. The number of rotatable bonds is 3. The third kappa shape index (κ3) is 3.46. The average Bonchev–Trinajstić information content (AvgIpc) is 3.21. The van der Waals surface area contributed by atoms with Crippen molar-refractivity contribution in [3.63, 3.8) is 0 Å². The van der Waals surface area contributed by atoms with Crippen molar-refractivity contribution >= 4 is 11.8 Å². The number of aromatic hydroxyl groups is 1. The number of amides is 1. The Labute approximate surface area is 168 Å². The van der Waals surface area contributed by atoms with Crippen molar-refractivity contribution in [3.05, 3.63) is 64.3 Å². The highest BCUT2D eigenvalue weighted by Gasteiger charge is 2.36. The van der Waals surface area contributed by atoms with Crippen LogP contribution in [-0.4, -0.2) is 50.7 Å². The summed E-state index contributed by atoms with van der Waals surface area (Å²) in [6.07, 6.45) is 1.04. The largest absolute Gasteiger partial charge is 0.501 e. The molecular formula is C21H24N4O4. The molecule has 1 amide bonds. The van der Waals surface area contributed by atoms with Gasteiger partial charge in [0.05, 0.1) is 11.7 Å². The Morgan fingerprint density at radius 3 is 2.79 bits per heavy atom. The van der Waals surface area contributed by atoms with Crippen LogP contribution in [0.15, 0.2) is 41.7 Å². The zero-order valence-electron chi connectivity index (χ0n) is 16.4. The Balaban J connectivity index is 1.62. The van der Waals surface area contributed by atoms with Gasteiger partial charge in [-0.15, -0.1) is 0 Å². The lowest BCUT2D eigenvalue weighted by atomic mass is 10.1. The number of benzene rings is 1. The van der Waals surface area contributed by atoms with Crippen LogP contribution < -0.4 is 5.56 Å². The molecule has 1 aromatic carbocycles. The van der Waals surface area contributed by atoms with E-state index in [2.05, 4.69) is 11.6 Å². The van der Waals surface area contributed by atoms with Crippen LogP contribution in [0.3, 0.4) is 0 Å². The van der Waals surface area contributed by atoms with Crippen molar-refractivity contribution in [2.45, 2.75) is 32.0 Å². The number of hydrogen-bond donors (Lipinski definition) is 1. The van der Waals surface area contributed by atoms with Gasteiger partial charge in [0, 0.05) is 26.7 Å². The van der Waals surface area contributed by atoms with Crippen LogP contribution in [0.5, 0.6) is 5.75 Å². The van der Waals surface area contributed by atoms with Gasteiger partial charge in [0.2, 0.25) is 5.75 Å². The third-order valence-corrected chi connectivity index (χ3v) is 5.57. The van der Waals surface area contributed by atoms with Gasteiger partial charge in [-0.3, -0.25) is 9.69 Å². The maximum atomic E-state index is 12.8. The van der Waals surface area contributed by atoms with Crippen LogP contribution in [0.25, 0.3) is 5.70 Å². The molecule has 2 aliphatic heterocycles. The quantitative estimate of drug-likeness (QED) is 0.857. The number of fused-ring (bicyclic) bond motifs is 1. The fraction of sp³-hybridized carbons (Fsp3) is 0.381. The Kier molecular flexibility index (Phi) is 5.00. The highest BCUT2D eigenvalue weighted by molar-refractivity contribution is 5.69. The van der Waals surface area contributed by atoms with E-state index < -0.39 is 17.4 Å². The van der Waals surface area contributed by atoms with Crippen LogP contribution in [-0.2, 0) is 17.9 Å². The fourth-order valence-electron chi connectivity index (χ4n) is 3.96. The van der Waals surface area contributed by atoms with Crippen molar-refractivity contribution in [2.24, 2.45) is 0 Å². The lowest BCUT2D eigenvalue weighted by molar-refractivity contribution is 0.0898. The molecule has 1 unspecified atom stereocenters. The Hall–Kier alpha value is -3.29. The molecule has 4 rings (SSSR count). The first kappa shape index (κ1) is 19.0. The third-order valence-electron chi connectivity index (χ3n) is 5.57. The SMILES string of the molecule is C=C1c2c(O)c(=O)nc(C3CCCN3C(=O)OCc3ccccc3)n2CCN1C. The van der Waals surface area contributed by atoms with Gasteiger partial charge in [-0.2, -0.15) is 4.98 Å². The second kappa shape index (κ2) is 7.62. The van der Waals surface area contributed by atoms with Crippen molar-refractivity contribution in [1.82, 2.24) is 19.4 Å². The normalized spacial score (nSPS) is 18.7. The van der Waals surface area contributed by atoms with Gasteiger partial charge in [-0.1, -0.05) is 36.9 Å². The molecular weight excluding hydrogens is 372 g/mol. The molecule has 1 aromatic heterocycles. The summed E-state index contributed by atoms with van der Waals surface area (Å²) in [4.78, 5) is 32.7. The van der Waals surface area contributed by atoms with E-state index in [0.29, 0.717) is 43.3 Å². The molecule has 2 aliphatic rings. The summed E-state index contributed by atoms with van der Waals surface area (Å²) in [5.74, 6) is 0.0766. The van der Waals surface area contributed by atoms with E-state index in [-0.39, 0.29) is 12.6 Å². The van der Waals surface area contributed by atoms with Gasteiger partial charge in [0.15, 0.2) is 0 Å². The molecule has 1 fully saturated rings. The van der Waals surface area contributed by atoms with E-state index in [9.17, 15) is 14.7 Å². The maximum absolute atomic E-state index is 12.8. The van der Waals surface area contributed by atoms with Gasteiger partial charge in [0.1, 0.15) is 18.1 Å². The second-order valence-electron chi connectivity index (χ2n) is 7.38. The molecule has 8 heteroatoms. The van der Waals surface area contributed by atoms with Gasteiger partial charge in [-0.25, -0.2) is 4.79 Å². The summed E-state index contributed by atoms with van der Waals surface area (Å²) in [5, 5.41) is 10.3. The molecule has 0 radical (unpaired) electrons. The van der Waals surface area contributed by atoms with Gasteiger partial charge in [-0.05, 0) is 18.4 Å². The first-order valence-electron chi connectivity index (χ1n) is 9.69. The zero-order chi connectivity index (χ0) is 20.5. The molecule has 0 saturated carbocycles. The van der Waals surface area contributed by atoms with E-state index in [0.717, 1.165) is 12.0 Å². The zero-order valence-corrected chi connectivity index (χ0v) is 16.4. The van der Waals surface area contributed by atoms with Crippen molar-refractivity contribution in [3.8, 4) is 5.75 Å². The minimum absolute atomic E-state index is 0.186. The summed E-state index contributed by atoms with van der Waals surface area (Å²) >= 11 is 0. The Morgan fingerprint density at radius 1 is 1.28 bits per heavy atom. The molecule has 3 heterocycles. The number of aromatic nitrogens is 2. The molecule has 2 aromatic rings. The van der Waals surface area contributed by atoms with E-state index in [4.69, 9.17) is 4.74 Å². The second-order valence-corrected chi connectivity index (χ2v) is 7.38.